The first-order chi connectivity index (χ1) is 11.0. The van der Waals surface area contributed by atoms with E-state index in [1.165, 1.54) is 11.8 Å². The van der Waals surface area contributed by atoms with E-state index < -0.39 is 0 Å². The predicted octanol–water partition coefficient (Wildman–Crippen LogP) is 5.19. The summed E-state index contributed by atoms with van der Waals surface area (Å²) in [5.41, 5.74) is 2.64. The molecule has 0 unspecified atom stereocenters. The molecule has 2 aromatic rings. The lowest BCUT2D eigenvalue weighted by atomic mass is 10.1. The number of aliphatic imine (C=N–C) groups is 1. The van der Waals surface area contributed by atoms with Crippen molar-refractivity contribution < 1.29 is 4.79 Å². The Hall–Kier alpha value is -1.75. The molecular weight excluding hydrogens is 351 g/mol. The largest absolute Gasteiger partial charge is 0.300 e. The second-order valence-corrected chi connectivity index (χ2v) is 6.73. The fourth-order valence-electron chi connectivity index (χ4n) is 2.06. The zero-order chi connectivity index (χ0) is 16.4. The van der Waals surface area contributed by atoms with Crippen LogP contribution in [0.15, 0.2) is 52.4 Å². The lowest BCUT2D eigenvalue weighted by Crippen LogP contribution is -2.19. The van der Waals surface area contributed by atoms with Gasteiger partial charge in [-0.25, -0.2) is 4.99 Å². The predicted molar refractivity (Wildman–Crippen MR) is 98.4 cm³/mol. The van der Waals surface area contributed by atoms with Crippen LogP contribution in [0.4, 0.5) is 5.69 Å². The summed E-state index contributed by atoms with van der Waals surface area (Å²) in [7, 11) is 0. The molecule has 23 heavy (non-hydrogen) atoms. The number of amides is 1. The van der Waals surface area contributed by atoms with Crippen molar-refractivity contribution in [2.75, 3.05) is 0 Å². The molecular formula is C17H12Cl2N2OS. The van der Waals surface area contributed by atoms with E-state index >= 15 is 0 Å². The molecule has 0 spiro atoms. The highest BCUT2D eigenvalue weighted by molar-refractivity contribution is 8.18. The lowest BCUT2D eigenvalue weighted by molar-refractivity contribution is -0.115. The average Bonchev–Trinajstić information content (AvgIpc) is 2.86. The van der Waals surface area contributed by atoms with Gasteiger partial charge >= 0.3 is 0 Å². The second kappa shape index (κ2) is 6.79. The van der Waals surface area contributed by atoms with Crippen LogP contribution in [0.2, 0.25) is 10.0 Å². The van der Waals surface area contributed by atoms with Crippen molar-refractivity contribution in [1.82, 2.24) is 5.32 Å². The van der Waals surface area contributed by atoms with E-state index in [-0.39, 0.29) is 5.91 Å². The van der Waals surface area contributed by atoms with Crippen molar-refractivity contribution in [2.45, 2.75) is 6.92 Å². The number of benzene rings is 2. The number of thioether (sulfide) groups is 1. The van der Waals surface area contributed by atoms with Crippen LogP contribution in [0.25, 0.3) is 6.08 Å². The van der Waals surface area contributed by atoms with Gasteiger partial charge in [-0.2, -0.15) is 0 Å². The molecule has 0 radical (unpaired) electrons. The summed E-state index contributed by atoms with van der Waals surface area (Å²) < 4.78 is 0. The number of halogens is 2. The Bertz CT molecular complexity index is 846. The van der Waals surface area contributed by atoms with Gasteiger partial charge in [0.15, 0.2) is 5.17 Å². The van der Waals surface area contributed by atoms with Crippen LogP contribution in [-0.2, 0) is 4.79 Å². The van der Waals surface area contributed by atoms with E-state index in [9.17, 15) is 4.79 Å². The summed E-state index contributed by atoms with van der Waals surface area (Å²) in [4.78, 5) is 17.1. The summed E-state index contributed by atoms with van der Waals surface area (Å²) >= 11 is 13.4. The minimum absolute atomic E-state index is 0.171. The van der Waals surface area contributed by atoms with Crippen LogP contribution in [-0.4, -0.2) is 11.1 Å². The quantitative estimate of drug-likeness (QED) is 0.746. The summed E-state index contributed by atoms with van der Waals surface area (Å²) in [6, 6.07) is 13.1. The number of amidine groups is 1. The number of nitrogens with zero attached hydrogens (tertiary/aromatic N) is 1. The van der Waals surface area contributed by atoms with Crippen LogP contribution in [0.3, 0.4) is 0 Å². The number of hydrogen-bond donors (Lipinski definition) is 1. The molecule has 1 aliphatic heterocycles. The number of hydrogen-bond acceptors (Lipinski definition) is 3. The highest BCUT2D eigenvalue weighted by atomic mass is 35.5. The van der Waals surface area contributed by atoms with E-state index in [0.717, 1.165) is 11.1 Å². The fourth-order valence-corrected chi connectivity index (χ4v) is 3.22. The molecule has 0 bridgehead atoms. The molecule has 116 valence electrons. The topological polar surface area (TPSA) is 41.5 Å². The Morgan fingerprint density at radius 3 is 2.70 bits per heavy atom. The van der Waals surface area contributed by atoms with Crippen molar-refractivity contribution in [3.63, 3.8) is 0 Å². The first kappa shape index (κ1) is 16.1. The molecule has 3 rings (SSSR count). The molecule has 1 aliphatic rings. The zero-order valence-electron chi connectivity index (χ0n) is 12.1. The van der Waals surface area contributed by atoms with Gasteiger partial charge in [0.05, 0.1) is 20.6 Å². The molecule has 6 heteroatoms. The standard InChI is InChI=1S/C17H12Cl2N2OS/c1-10-5-2-3-6-11(10)9-14-16(22)21-17(23-14)20-13-8-4-7-12(18)15(13)19/h2-9H,1H3,(H,20,21,22)/b14-9-. The van der Waals surface area contributed by atoms with Gasteiger partial charge in [0, 0.05) is 0 Å². The second-order valence-electron chi connectivity index (χ2n) is 4.91. The summed E-state index contributed by atoms with van der Waals surface area (Å²) in [6.45, 7) is 2.00. The van der Waals surface area contributed by atoms with Gasteiger partial charge in [-0.15, -0.1) is 0 Å². The first-order valence-corrected chi connectivity index (χ1v) is 8.41. The third-order valence-electron chi connectivity index (χ3n) is 3.28. The zero-order valence-corrected chi connectivity index (χ0v) is 14.5. The van der Waals surface area contributed by atoms with Crippen molar-refractivity contribution >= 4 is 57.8 Å². The molecule has 0 atom stereocenters. The van der Waals surface area contributed by atoms with Crippen molar-refractivity contribution in [3.8, 4) is 0 Å². The third kappa shape index (κ3) is 3.61. The van der Waals surface area contributed by atoms with E-state index in [1.54, 1.807) is 18.2 Å². The van der Waals surface area contributed by atoms with Gasteiger partial charge in [-0.05, 0) is 48.0 Å². The molecule has 3 nitrogen and oxygen atoms in total. The van der Waals surface area contributed by atoms with E-state index in [2.05, 4.69) is 10.3 Å². The van der Waals surface area contributed by atoms with Crippen LogP contribution in [0.1, 0.15) is 11.1 Å². The van der Waals surface area contributed by atoms with Gasteiger partial charge in [0.25, 0.3) is 5.91 Å². The number of carbonyl (C=O) groups is 1. The van der Waals surface area contributed by atoms with E-state index in [0.29, 0.717) is 25.8 Å². The molecule has 0 aliphatic carbocycles. The van der Waals surface area contributed by atoms with Gasteiger partial charge in [-0.3, -0.25) is 4.79 Å². The SMILES string of the molecule is Cc1ccccc1/C=C1\SC(=Nc2cccc(Cl)c2Cl)NC1=O. The van der Waals surface area contributed by atoms with E-state index in [4.69, 9.17) is 23.2 Å². The molecule has 1 heterocycles. The number of aryl methyl sites for hydroxylation is 1. The van der Waals surface area contributed by atoms with Crippen LogP contribution >= 0.6 is 35.0 Å². The minimum atomic E-state index is -0.171. The Labute approximate surface area is 148 Å². The molecule has 0 saturated carbocycles. The van der Waals surface area contributed by atoms with Gasteiger partial charge < -0.3 is 5.32 Å². The Morgan fingerprint density at radius 2 is 1.91 bits per heavy atom. The summed E-state index contributed by atoms with van der Waals surface area (Å²) in [6.07, 6.45) is 1.86. The van der Waals surface area contributed by atoms with Gasteiger partial charge in [-0.1, -0.05) is 53.5 Å². The molecule has 1 fully saturated rings. The maximum atomic E-state index is 12.1. The monoisotopic (exact) mass is 362 g/mol. The van der Waals surface area contributed by atoms with Crippen LogP contribution < -0.4 is 5.32 Å². The van der Waals surface area contributed by atoms with Crippen LogP contribution in [0.5, 0.6) is 0 Å². The third-order valence-corrected chi connectivity index (χ3v) is 5.00. The van der Waals surface area contributed by atoms with Gasteiger partial charge in [0.2, 0.25) is 0 Å². The highest BCUT2D eigenvalue weighted by Crippen LogP contribution is 2.34. The Balaban J connectivity index is 1.89. The summed E-state index contributed by atoms with van der Waals surface area (Å²) in [5.74, 6) is -0.171. The molecule has 2 aromatic carbocycles. The summed E-state index contributed by atoms with van der Waals surface area (Å²) in [5, 5.41) is 4.03. The van der Waals surface area contributed by atoms with Crippen molar-refractivity contribution in [1.29, 1.82) is 0 Å². The highest BCUT2D eigenvalue weighted by Gasteiger charge is 2.24. The van der Waals surface area contributed by atoms with E-state index in [1.807, 2.05) is 37.3 Å². The Morgan fingerprint density at radius 1 is 1.13 bits per heavy atom. The van der Waals surface area contributed by atoms with Crippen molar-refractivity contribution in [2.24, 2.45) is 4.99 Å². The number of carbonyl (C=O) groups excluding carboxylic acids is 1. The minimum Gasteiger partial charge on any atom is -0.300 e. The smallest absolute Gasteiger partial charge is 0.264 e. The Kier molecular flexibility index (Phi) is 4.76. The van der Waals surface area contributed by atoms with Crippen molar-refractivity contribution in [3.05, 3.63) is 68.5 Å². The number of nitrogens with one attached hydrogen (secondary N) is 1. The maximum absolute atomic E-state index is 12.1. The normalized spacial score (nSPS) is 17.8. The first-order valence-electron chi connectivity index (χ1n) is 6.84. The molecule has 1 N–H and O–H groups in total. The lowest BCUT2D eigenvalue weighted by Gasteiger charge is -2.01. The fraction of sp³-hybridized carbons (Fsp3) is 0.0588. The number of rotatable bonds is 2. The molecule has 0 aromatic heterocycles. The molecule has 1 amide bonds. The van der Waals surface area contributed by atoms with Gasteiger partial charge in [0.1, 0.15) is 0 Å². The van der Waals surface area contributed by atoms with Crippen LogP contribution in [0, 0.1) is 6.92 Å². The molecule has 1 saturated heterocycles. The average molecular weight is 363 g/mol. The maximum Gasteiger partial charge on any atom is 0.264 e.